The molecule has 1 aliphatic heterocycles. The van der Waals surface area contributed by atoms with E-state index in [2.05, 4.69) is 10.6 Å². The Kier molecular flexibility index (Phi) is 5.12. The summed E-state index contributed by atoms with van der Waals surface area (Å²) in [6, 6.07) is 23.6. The molecule has 1 aliphatic rings. The Morgan fingerprint density at radius 3 is 2.71 bits per heavy atom. The van der Waals surface area contributed by atoms with Gasteiger partial charge in [0.25, 0.3) is 0 Å². The van der Waals surface area contributed by atoms with Crippen LogP contribution in [-0.2, 0) is 11.3 Å². The van der Waals surface area contributed by atoms with Crippen LogP contribution >= 0.6 is 11.6 Å². The number of hydrogen-bond acceptors (Lipinski definition) is 3. The number of carbonyl (C=O) groups excluding carboxylic acids is 1. The normalized spacial score (nSPS) is 16.3. The van der Waals surface area contributed by atoms with Gasteiger partial charge in [0, 0.05) is 35.7 Å². The summed E-state index contributed by atoms with van der Waals surface area (Å²) >= 11 is 6.45. The first-order valence-electron chi connectivity index (χ1n) is 10.3. The zero-order valence-corrected chi connectivity index (χ0v) is 17.9. The molecule has 1 amide bonds. The second kappa shape index (κ2) is 8.08. The van der Waals surface area contributed by atoms with Crippen LogP contribution in [-0.4, -0.2) is 29.1 Å². The molecule has 5 rings (SSSR count). The lowest BCUT2D eigenvalue weighted by molar-refractivity contribution is -0.117. The van der Waals surface area contributed by atoms with Crippen molar-refractivity contribution in [1.82, 2.24) is 9.55 Å². The Labute approximate surface area is 185 Å². The van der Waals surface area contributed by atoms with Gasteiger partial charge < -0.3 is 14.2 Å². The van der Waals surface area contributed by atoms with Gasteiger partial charge in [-0.15, -0.1) is 0 Å². The summed E-state index contributed by atoms with van der Waals surface area (Å²) < 4.78 is 7.53. The maximum absolute atomic E-state index is 12.9. The molecule has 31 heavy (non-hydrogen) atoms. The molecule has 1 unspecified atom stereocenters. The average Bonchev–Trinajstić information content (AvgIpc) is 3.36. The van der Waals surface area contributed by atoms with Crippen LogP contribution in [0, 0.1) is 0 Å². The fraction of sp³-hybridized carbons (Fsp3) is 0.200. The first-order valence-corrected chi connectivity index (χ1v) is 10.6. The van der Waals surface area contributed by atoms with E-state index in [0.717, 1.165) is 38.9 Å². The number of methoxy groups -OCH3 is 1. The smallest absolute Gasteiger partial charge is 0.227 e. The molecule has 156 valence electrons. The van der Waals surface area contributed by atoms with Crippen LogP contribution in [0.15, 0.2) is 72.8 Å². The molecule has 3 aromatic carbocycles. The van der Waals surface area contributed by atoms with Gasteiger partial charge in [-0.1, -0.05) is 48.0 Å². The Balaban J connectivity index is 1.53. The number of ether oxygens (including phenoxy) is 1. The topological polar surface area (TPSA) is 47.4 Å². The minimum absolute atomic E-state index is 0.00594. The minimum Gasteiger partial charge on any atom is -0.497 e. The number of nitrogens with zero attached hydrogens (tertiary/aromatic N) is 3. The van der Waals surface area contributed by atoms with Crippen LogP contribution in [0.4, 0.5) is 5.69 Å². The summed E-state index contributed by atoms with van der Waals surface area (Å²) in [6.07, 6.45) is 0.420. The first kappa shape index (κ1) is 19.6. The fourth-order valence-corrected chi connectivity index (χ4v) is 4.47. The Bertz CT molecular complexity index is 1270. The molecule has 6 heteroatoms. The number of rotatable bonds is 5. The second-order valence-electron chi connectivity index (χ2n) is 7.74. The van der Waals surface area contributed by atoms with Crippen LogP contribution in [0.3, 0.4) is 0 Å². The molecular formula is C25H22ClN3O2. The zero-order chi connectivity index (χ0) is 21.4. The van der Waals surface area contributed by atoms with Gasteiger partial charge >= 0.3 is 0 Å². The molecule has 1 saturated heterocycles. The molecule has 0 N–H and O–H groups in total. The van der Waals surface area contributed by atoms with Crippen molar-refractivity contribution in [2.24, 2.45) is 0 Å². The van der Waals surface area contributed by atoms with E-state index in [1.165, 1.54) is 0 Å². The van der Waals surface area contributed by atoms with Gasteiger partial charge in [0.2, 0.25) is 5.91 Å². The van der Waals surface area contributed by atoms with Gasteiger partial charge in [0.15, 0.2) is 0 Å². The highest BCUT2D eigenvalue weighted by molar-refractivity contribution is 6.31. The maximum Gasteiger partial charge on any atom is 0.227 e. The summed E-state index contributed by atoms with van der Waals surface area (Å²) in [5, 5.41) is 0.728. The van der Waals surface area contributed by atoms with E-state index in [1.54, 1.807) is 7.11 Å². The number of halogens is 1. The molecule has 1 fully saturated rings. The number of benzene rings is 3. The second-order valence-corrected chi connectivity index (χ2v) is 8.15. The number of amides is 1. The van der Waals surface area contributed by atoms with E-state index in [9.17, 15) is 4.79 Å². The highest BCUT2D eigenvalue weighted by atomic mass is 35.5. The van der Waals surface area contributed by atoms with E-state index in [-0.39, 0.29) is 11.8 Å². The van der Waals surface area contributed by atoms with E-state index in [1.807, 2.05) is 71.6 Å². The number of carbonyl (C=O) groups is 1. The number of anilines is 1. The summed E-state index contributed by atoms with van der Waals surface area (Å²) in [5.41, 5.74) is 3.85. The zero-order valence-electron chi connectivity index (χ0n) is 17.2. The van der Waals surface area contributed by atoms with Crippen molar-refractivity contribution in [3.8, 4) is 5.75 Å². The fourth-order valence-electron chi connectivity index (χ4n) is 4.28. The van der Waals surface area contributed by atoms with Crippen LogP contribution in [0.2, 0.25) is 5.02 Å². The predicted octanol–water partition coefficient (Wildman–Crippen LogP) is 5.27. The third-order valence-electron chi connectivity index (χ3n) is 5.83. The molecule has 4 aromatic rings. The Morgan fingerprint density at radius 1 is 1.06 bits per heavy atom. The third-order valence-corrected chi connectivity index (χ3v) is 6.19. The molecule has 2 heterocycles. The standard InChI is InChI=1S/C25H22ClN3O2/c1-31-20-9-6-8-19(14-20)28-16-18(13-24(28)30)25-27-22-11-4-5-12-23(22)29(25)15-17-7-2-3-10-21(17)26/h2-12,14,18H,13,15-16H2,1H3. The maximum atomic E-state index is 12.9. The van der Waals surface area contributed by atoms with Crippen molar-refractivity contribution in [3.63, 3.8) is 0 Å². The van der Waals surface area contributed by atoms with E-state index >= 15 is 0 Å². The van der Waals surface area contributed by atoms with E-state index < -0.39 is 0 Å². The van der Waals surface area contributed by atoms with E-state index in [0.29, 0.717) is 19.5 Å². The van der Waals surface area contributed by atoms with Crippen molar-refractivity contribution in [2.75, 3.05) is 18.6 Å². The van der Waals surface area contributed by atoms with Crippen molar-refractivity contribution < 1.29 is 9.53 Å². The molecule has 1 atom stereocenters. The molecular weight excluding hydrogens is 410 g/mol. The Hall–Kier alpha value is -3.31. The summed E-state index contributed by atoms with van der Waals surface area (Å²) in [7, 11) is 1.63. The molecule has 0 bridgehead atoms. The van der Waals surface area contributed by atoms with Crippen molar-refractivity contribution in [2.45, 2.75) is 18.9 Å². The summed E-state index contributed by atoms with van der Waals surface area (Å²) in [5.74, 6) is 1.74. The number of imidazole rings is 1. The first-order chi connectivity index (χ1) is 15.1. The largest absolute Gasteiger partial charge is 0.497 e. The molecule has 1 aromatic heterocycles. The average molecular weight is 432 g/mol. The van der Waals surface area contributed by atoms with Crippen molar-refractivity contribution >= 4 is 34.2 Å². The SMILES string of the molecule is COc1cccc(N2CC(c3nc4ccccc4n3Cc3ccccc3Cl)CC2=O)c1. The highest BCUT2D eigenvalue weighted by Gasteiger charge is 2.35. The number of para-hydroxylation sites is 2. The molecule has 0 aliphatic carbocycles. The number of fused-ring (bicyclic) bond motifs is 1. The minimum atomic E-state index is -0.00594. The number of aromatic nitrogens is 2. The molecule has 0 saturated carbocycles. The van der Waals surface area contributed by atoms with Crippen LogP contribution in [0.25, 0.3) is 11.0 Å². The van der Waals surface area contributed by atoms with Gasteiger partial charge in [-0.25, -0.2) is 4.98 Å². The highest BCUT2D eigenvalue weighted by Crippen LogP contribution is 2.35. The quantitative estimate of drug-likeness (QED) is 0.432. The van der Waals surface area contributed by atoms with Crippen molar-refractivity contribution in [1.29, 1.82) is 0 Å². The van der Waals surface area contributed by atoms with Gasteiger partial charge in [-0.05, 0) is 35.9 Å². The molecule has 0 radical (unpaired) electrons. The van der Waals surface area contributed by atoms with Gasteiger partial charge in [-0.3, -0.25) is 4.79 Å². The number of hydrogen-bond donors (Lipinski definition) is 0. The molecule has 0 spiro atoms. The monoisotopic (exact) mass is 431 g/mol. The lowest BCUT2D eigenvalue weighted by Gasteiger charge is -2.18. The lowest BCUT2D eigenvalue weighted by Crippen LogP contribution is -2.24. The van der Waals surface area contributed by atoms with Crippen molar-refractivity contribution in [3.05, 3.63) is 89.2 Å². The summed E-state index contributed by atoms with van der Waals surface area (Å²) in [4.78, 5) is 19.7. The predicted molar refractivity (Wildman–Crippen MR) is 123 cm³/mol. The van der Waals surface area contributed by atoms with E-state index in [4.69, 9.17) is 21.3 Å². The van der Waals surface area contributed by atoms with Gasteiger partial charge in [-0.2, -0.15) is 0 Å². The van der Waals surface area contributed by atoms with Crippen LogP contribution in [0.1, 0.15) is 23.7 Å². The lowest BCUT2D eigenvalue weighted by atomic mass is 10.1. The van der Waals surface area contributed by atoms with Gasteiger partial charge in [0.05, 0.1) is 24.7 Å². The van der Waals surface area contributed by atoms with Crippen LogP contribution < -0.4 is 9.64 Å². The molecule has 5 nitrogen and oxygen atoms in total. The van der Waals surface area contributed by atoms with Gasteiger partial charge in [0.1, 0.15) is 11.6 Å². The Morgan fingerprint density at radius 2 is 1.87 bits per heavy atom. The summed E-state index contributed by atoms with van der Waals surface area (Å²) in [6.45, 7) is 1.19. The van der Waals surface area contributed by atoms with Crippen LogP contribution in [0.5, 0.6) is 5.75 Å². The third kappa shape index (κ3) is 3.66.